The zero-order valence-electron chi connectivity index (χ0n) is 14.9. The van der Waals surface area contributed by atoms with Crippen molar-refractivity contribution in [1.82, 2.24) is 5.32 Å². The third kappa shape index (κ3) is 4.74. The van der Waals surface area contributed by atoms with Crippen LogP contribution in [0.3, 0.4) is 0 Å². The molecule has 0 spiro atoms. The van der Waals surface area contributed by atoms with Gasteiger partial charge in [-0.15, -0.1) is 0 Å². The van der Waals surface area contributed by atoms with Gasteiger partial charge in [-0.2, -0.15) is 0 Å². The van der Waals surface area contributed by atoms with Crippen LogP contribution in [-0.4, -0.2) is 118 Å². The van der Waals surface area contributed by atoms with Crippen molar-refractivity contribution in [2.45, 2.75) is 68.3 Å². The number of carbonyl (C=O) groups is 1. The smallest absolute Gasteiger partial charge is 0.217 e. The second-order valence-corrected chi connectivity index (χ2v) is 6.47. The first-order valence-corrected chi connectivity index (χ1v) is 8.45. The Bertz CT molecular complexity index is 492. The van der Waals surface area contributed by atoms with E-state index in [2.05, 4.69) is 5.32 Å². The number of nitrogens with one attached hydrogen (secondary N) is 1. The van der Waals surface area contributed by atoms with Crippen molar-refractivity contribution in [2.24, 2.45) is 0 Å². The molecule has 0 bridgehead atoms. The van der Waals surface area contributed by atoms with E-state index < -0.39 is 80.5 Å². The summed E-state index contributed by atoms with van der Waals surface area (Å²) in [5.41, 5.74) is 0. The van der Waals surface area contributed by atoms with E-state index in [1.165, 1.54) is 14.0 Å². The zero-order chi connectivity index (χ0) is 20.3. The van der Waals surface area contributed by atoms with Crippen LogP contribution in [0, 0.1) is 0 Å². The van der Waals surface area contributed by atoms with Crippen LogP contribution in [0.15, 0.2) is 0 Å². The quantitative estimate of drug-likeness (QED) is 0.228. The summed E-state index contributed by atoms with van der Waals surface area (Å²) in [6.45, 7) is -0.00678. The van der Waals surface area contributed by atoms with E-state index in [1.807, 2.05) is 0 Å². The lowest BCUT2D eigenvalue weighted by Gasteiger charge is -2.47. The molecule has 2 rings (SSSR count). The molecule has 1 amide bonds. The Morgan fingerprint density at radius 3 is 2.11 bits per heavy atom. The van der Waals surface area contributed by atoms with Gasteiger partial charge in [-0.05, 0) is 0 Å². The van der Waals surface area contributed by atoms with E-state index in [1.54, 1.807) is 0 Å². The standard InChI is InChI=1S/C15H27NO11/c1-5(19)16-8-13(24-2)12(7(4-18)25-14(8)23)27-15-11(22)10(21)9(20)6(3-17)26-15/h6-15,17-18,20-23H,3-4H2,1-2H3,(H,16,19)/t6-,7-,8-,9+,10+,11-,12-,13-,14+,15+/m1/s1. The Morgan fingerprint density at radius 2 is 1.59 bits per heavy atom. The van der Waals surface area contributed by atoms with Crippen LogP contribution in [0.4, 0.5) is 0 Å². The predicted molar refractivity (Wildman–Crippen MR) is 85.0 cm³/mol. The van der Waals surface area contributed by atoms with Gasteiger partial charge in [0.15, 0.2) is 12.6 Å². The molecule has 0 aromatic carbocycles. The number of carbonyl (C=O) groups excluding carboxylic acids is 1. The number of amides is 1. The summed E-state index contributed by atoms with van der Waals surface area (Å²) in [5.74, 6) is -0.473. The van der Waals surface area contributed by atoms with E-state index in [-0.39, 0.29) is 0 Å². The average molecular weight is 397 g/mol. The Hall–Kier alpha value is -0.930. The van der Waals surface area contributed by atoms with Crippen LogP contribution in [0.5, 0.6) is 0 Å². The molecule has 10 atom stereocenters. The SMILES string of the molecule is CO[C@@H]1[C@@H](NC(C)=O)[C@@H](O)O[C@H](CO)[C@H]1O[C@@H]1O[C@H](CO)[C@H](O)[C@H](O)[C@H]1O. The lowest BCUT2D eigenvalue weighted by molar-refractivity contribution is -0.346. The maximum atomic E-state index is 11.4. The number of ether oxygens (including phenoxy) is 4. The van der Waals surface area contributed by atoms with Crippen molar-refractivity contribution >= 4 is 5.91 Å². The van der Waals surface area contributed by atoms with Crippen molar-refractivity contribution < 1.29 is 54.4 Å². The molecule has 2 heterocycles. The van der Waals surface area contributed by atoms with Crippen molar-refractivity contribution in [3.63, 3.8) is 0 Å². The van der Waals surface area contributed by atoms with Crippen LogP contribution in [0.2, 0.25) is 0 Å². The Morgan fingerprint density at radius 1 is 0.963 bits per heavy atom. The third-order valence-corrected chi connectivity index (χ3v) is 4.63. The molecule has 2 aliphatic rings. The molecule has 12 heteroatoms. The molecular weight excluding hydrogens is 370 g/mol. The minimum Gasteiger partial charge on any atom is -0.394 e. The molecule has 0 radical (unpaired) electrons. The monoisotopic (exact) mass is 397 g/mol. The van der Waals surface area contributed by atoms with Crippen molar-refractivity contribution in [2.75, 3.05) is 20.3 Å². The molecule has 0 aromatic heterocycles. The van der Waals surface area contributed by atoms with Crippen molar-refractivity contribution in [1.29, 1.82) is 0 Å². The Kier molecular flexibility index (Phi) is 7.88. The van der Waals surface area contributed by atoms with E-state index in [0.717, 1.165) is 0 Å². The molecule has 0 saturated carbocycles. The highest BCUT2D eigenvalue weighted by Gasteiger charge is 2.51. The largest absolute Gasteiger partial charge is 0.394 e. The number of aliphatic hydroxyl groups excluding tert-OH is 6. The number of rotatable bonds is 6. The first kappa shape index (κ1) is 22.4. The molecule has 0 unspecified atom stereocenters. The number of hydrogen-bond acceptors (Lipinski definition) is 11. The van der Waals surface area contributed by atoms with Gasteiger partial charge in [0, 0.05) is 14.0 Å². The molecule has 12 nitrogen and oxygen atoms in total. The lowest BCUT2D eigenvalue weighted by atomic mass is 9.95. The van der Waals surface area contributed by atoms with Crippen LogP contribution < -0.4 is 5.32 Å². The van der Waals surface area contributed by atoms with Crippen molar-refractivity contribution in [3.8, 4) is 0 Å². The van der Waals surface area contributed by atoms with E-state index in [9.17, 15) is 35.4 Å². The van der Waals surface area contributed by atoms with Gasteiger partial charge < -0.3 is 54.9 Å². The predicted octanol–water partition coefficient (Wildman–Crippen LogP) is -4.60. The molecule has 7 N–H and O–H groups in total. The molecule has 2 fully saturated rings. The highest BCUT2D eigenvalue weighted by molar-refractivity contribution is 5.73. The maximum absolute atomic E-state index is 11.4. The summed E-state index contributed by atoms with van der Waals surface area (Å²) in [4.78, 5) is 11.4. The van der Waals surface area contributed by atoms with Gasteiger partial charge in [0.25, 0.3) is 0 Å². The summed E-state index contributed by atoms with van der Waals surface area (Å²) in [6, 6.07) is -1.05. The molecule has 0 aromatic rings. The summed E-state index contributed by atoms with van der Waals surface area (Å²) in [6.07, 6.45) is -12.3. The Balaban J connectivity index is 2.22. The summed E-state index contributed by atoms with van der Waals surface area (Å²) < 4.78 is 21.5. The van der Waals surface area contributed by atoms with Crippen LogP contribution in [0.1, 0.15) is 6.92 Å². The number of hydrogen-bond donors (Lipinski definition) is 7. The van der Waals surface area contributed by atoms with Gasteiger partial charge in [-0.3, -0.25) is 4.79 Å². The van der Waals surface area contributed by atoms with Gasteiger partial charge in [0.05, 0.1) is 13.2 Å². The van der Waals surface area contributed by atoms with Gasteiger partial charge in [-0.25, -0.2) is 0 Å². The summed E-state index contributed by atoms with van der Waals surface area (Å²) in [5, 5.41) is 61.2. The maximum Gasteiger partial charge on any atom is 0.217 e. The minimum absolute atomic E-state index is 0.473. The summed E-state index contributed by atoms with van der Waals surface area (Å²) >= 11 is 0. The number of methoxy groups -OCH3 is 1. The zero-order valence-corrected chi connectivity index (χ0v) is 14.9. The van der Waals surface area contributed by atoms with Crippen LogP contribution in [0.25, 0.3) is 0 Å². The average Bonchev–Trinajstić information content (AvgIpc) is 2.64. The van der Waals surface area contributed by atoms with Crippen LogP contribution >= 0.6 is 0 Å². The van der Waals surface area contributed by atoms with E-state index >= 15 is 0 Å². The van der Waals surface area contributed by atoms with Gasteiger partial charge >= 0.3 is 0 Å². The van der Waals surface area contributed by atoms with E-state index in [4.69, 9.17) is 18.9 Å². The van der Waals surface area contributed by atoms with Gasteiger partial charge in [0.2, 0.25) is 5.91 Å². The highest BCUT2D eigenvalue weighted by atomic mass is 16.7. The third-order valence-electron chi connectivity index (χ3n) is 4.63. The second kappa shape index (κ2) is 9.52. The second-order valence-electron chi connectivity index (χ2n) is 6.47. The molecule has 158 valence electrons. The topological polar surface area (TPSA) is 187 Å². The highest BCUT2D eigenvalue weighted by Crippen LogP contribution is 2.29. The fourth-order valence-electron chi connectivity index (χ4n) is 3.23. The van der Waals surface area contributed by atoms with Crippen LogP contribution in [-0.2, 0) is 23.7 Å². The first-order valence-electron chi connectivity index (χ1n) is 8.45. The fourth-order valence-corrected chi connectivity index (χ4v) is 3.23. The van der Waals surface area contributed by atoms with E-state index in [0.29, 0.717) is 0 Å². The fraction of sp³-hybridized carbons (Fsp3) is 0.933. The minimum atomic E-state index is -1.68. The number of aliphatic hydroxyl groups is 6. The Labute approximate surface area is 155 Å². The van der Waals surface area contributed by atoms with Crippen molar-refractivity contribution in [3.05, 3.63) is 0 Å². The normalized spacial score (nSPS) is 45.5. The molecular formula is C15H27NO11. The molecule has 27 heavy (non-hydrogen) atoms. The molecule has 0 aliphatic carbocycles. The molecule has 2 saturated heterocycles. The summed E-state index contributed by atoms with van der Waals surface area (Å²) in [7, 11) is 1.29. The van der Waals surface area contributed by atoms with Gasteiger partial charge in [0.1, 0.15) is 48.8 Å². The molecule has 2 aliphatic heterocycles. The van der Waals surface area contributed by atoms with Gasteiger partial charge in [-0.1, -0.05) is 0 Å². The lowest BCUT2D eigenvalue weighted by Crippen LogP contribution is -2.67. The first-order chi connectivity index (χ1) is 12.7.